The first-order valence-electron chi connectivity index (χ1n) is 7.08. The molecule has 0 radical (unpaired) electrons. The molecule has 0 aromatic heterocycles. The lowest BCUT2D eigenvalue weighted by molar-refractivity contribution is -0.133. The molecule has 1 fully saturated rings. The van der Waals surface area contributed by atoms with E-state index in [9.17, 15) is 17.6 Å². The van der Waals surface area contributed by atoms with Crippen molar-refractivity contribution in [2.45, 2.75) is 6.42 Å². The van der Waals surface area contributed by atoms with Crippen molar-refractivity contribution in [2.75, 3.05) is 39.0 Å². The van der Waals surface area contributed by atoms with E-state index in [4.69, 9.17) is 4.74 Å². The number of rotatable bonds is 4. The van der Waals surface area contributed by atoms with Crippen LogP contribution in [0.25, 0.3) is 0 Å². The largest absolute Gasteiger partial charge is 0.481 e. The molecule has 6 nitrogen and oxygen atoms in total. The van der Waals surface area contributed by atoms with Crippen LogP contribution in [0.15, 0.2) is 22.7 Å². The summed E-state index contributed by atoms with van der Waals surface area (Å²) in [5.74, 6) is -0.830. The summed E-state index contributed by atoms with van der Waals surface area (Å²) in [4.78, 5) is 13.7. The zero-order valence-corrected chi connectivity index (χ0v) is 15.1. The maximum atomic E-state index is 13.6. The predicted octanol–water partition coefficient (Wildman–Crippen LogP) is 1.46. The average Bonchev–Trinajstić information content (AvgIpc) is 2.71. The van der Waals surface area contributed by atoms with Crippen molar-refractivity contribution in [2.24, 2.45) is 0 Å². The Kier molecular flexibility index (Phi) is 5.99. The standard InChI is InChI=1S/C14H18BrFN2O4S/c1-23(20,21)18-6-2-5-17(7-8-18)14(19)10-22-13-4-3-11(15)9-12(13)16/h3-4,9H,2,5-8,10H2,1H3. The fraction of sp³-hybridized carbons (Fsp3) is 0.500. The first-order chi connectivity index (χ1) is 10.8. The normalized spacial score (nSPS) is 16.9. The number of carbonyl (C=O) groups excluding carboxylic acids is 1. The fourth-order valence-electron chi connectivity index (χ4n) is 2.30. The molecule has 0 spiro atoms. The molecule has 1 amide bonds. The molecular formula is C14H18BrFN2O4S. The van der Waals surface area contributed by atoms with Gasteiger partial charge in [0.2, 0.25) is 10.0 Å². The van der Waals surface area contributed by atoms with E-state index in [1.165, 1.54) is 16.4 Å². The van der Waals surface area contributed by atoms with Gasteiger partial charge in [0.05, 0.1) is 6.26 Å². The predicted molar refractivity (Wildman–Crippen MR) is 87.2 cm³/mol. The van der Waals surface area contributed by atoms with Crippen molar-refractivity contribution < 1.29 is 22.3 Å². The lowest BCUT2D eigenvalue weighted by atomic mass is 10.3. The van der Waals surface area contributed by atoms with Crippen molar-refractivity contribution in [3.63, 3.8) is 0 Å². The topological polar surface area (TPSA) is 66.9 Å². The highest BCUT2D eigenvalue weighted by Gasteiger charge is 2.24. The molecule has 0 unspecified atom stereocenters. The Balaban J connectivity index is 1.91. The van der Waals surface area contributed by atoms with Gasteiger partial charge < -0.3 is 9.64 Å². The summed E-state index contributed by atoms with van der Waals surface area (Å²) < 4.78 is 43.9. The van der Waals surface area contributed by atoms with Gasteiger partial charge in [-0.3, -0.25) is 4.79 Å². The van der Waals surface area contributed by atoms with Gasteiger partial charge in [-0.15, -0.1) is 0 Å². The smallest absolute Gasteiger partial charge is 0.260 e. The number of hydrogen-bond acceptors (Lipinski definition) is 4. The molecular weight excluding hydrogens is 391 g/mol. The van der Waals surface area contributed by atoms with Gasteiger partial charge in [-0.2, -0.15) is 0 Å². The zero-order valence-electron chi connectivity index (χ0n) is 12.7. The van der Waals surface area contributed by atoms with E-state index in [2.05, 4.69) is 15.9 Å². The molecule has 23 heavy (non-hydrogen) atoms. The zero-order chi connectivity index (χ0) is 17.0. The lowest BCUT2D eigenvalue weighted by Gasteiger charge is -2.21. The summed E-state index contributed by atoms with van der Waals surface area (Å²) in [6.07, 6.45) is 1.72. The van der Waals surface area contributed by atoms with Gasteiger partial charge in [0.1, 0.15) is 0 Å². The Hall–Kier alpha value is -1.19. The number of carbonyl (C=O) groups is 1. The summed E-state index contributed by atoms with van der Waals surface area (Å²) >= 11 is 3.14. The third kappa shape index (κ3) is 5.15. The fourth-order valence-corrected chi connectivity index (χ4v) is 3.51. The molecule has 0 bridgehead atoms. The van der Waals surface area contributed by atoms with Crippen LogP contribution < -0.4 is 4.74 Å². The van der Waals surface area contributed by atoms with E-state index in [0.717, 1.165) is 6.26 Å². The molecule has 0 aliphatic carbocycles. The Morgan fingerprint density at radius 2 is 2.04 bits per heavy atom. The minimum Gasteiger partial charge on any atom is -0.481 e. The molecule has 0 saturated carbocycles. The molecule has 2 rings (SSSR count). The van der Waals surface area contributed by atoms with Crippen LogP contribution in [-0.4, -0.2) is 62.6 Å². The number of ether oxygens (including phenoxy) is 1. The molecule has 9 heteroatoms. The van der Waals surface area contributed by atoms with E-state index in [0.29, 0.717) is 30.5 Å². The van der Waals surface area contributed by atoms with Crippen molar-refractivity contribution in [1.29, 1.82) is 0 Å². The van der Waals surface area contributed by atoms with Crippen LogP contribution in [0.2, 0.25) is 0 Å². The second kappa shape index (κ2) is 7.59. The van der Waals surface area contributed by atoms with Crippen LogP contribution in [0.1, 0.15) is 6.42 Å². The minimum absolute atomic E-state index is 0.00846. The van der Waals surface area contributed by atoms with Crippen LogP contribution in [0.5, 0.6) is 5.75 Å². The van der Waals surface area contributed by atoms with Crippen LogP contribution in [0, 0.1) is 5.82 Å². The van der Waals surface area contributed by atoms with Gasteiger partial charge in [0.25, 0.3) is 5.91 Å². The number of nitrogens with zero attached hydrogens (tertiary/aromatic N) is 2. The maximum absolute atomic E-state index is 13.6. The summed E-state index contributed by atoms with van der Waals surface area (Å²) in [7, 11) is -3.25. The summed E-state index contributed by atoms with van der Waals surface area (Å²) in [5.41, 5.74) is 0. The van der Waals surface area contributed by atoms with Crippen molar-refractivity contribution in [1.82, 2.24) is 9.21 Å². The Morgan fingerprint density at radius 3 is 2.70 bits per heavy atom. The van der Waals surface area contributed by atoms with E-state index >= 15 is 0 Å². The number of sulfonamides is 1. The number of halogens is 2. The van der Waals surface area contributed by atoms with Crippen LogP contribution in [0.4, 0.5) is 4.39 Å². The van der Waals surface area contributed by atoms with Gasteiger partial charge in [-0.25, -0.2) is 17.1 Å². The third-order valence-electron chi connectivity index (χ3n) is 3.52. The molecule has 1 aliphatic heterocycles. The van der Waals surface area contributed by atoms with Crippen molar-refractivity contribution >= 4 is 31.9 Å². The van der Waals surface area contributed by atoms with Gasteiger partial charge in [0.15, 0.2) is 18.2 Å². The first kappa shape index (κ1) is 18.2. The van der Waals surface area contributed by atoms with E-state index in [1.807, 2.05) is 0 Å². The third-order valence-corrected chi connectivity index (χ3v) is 5.32. The maximum Gasteiger partial charge on any atom is 0.260 e. The number of amides is 1. The van der Waals surface area contributed by atoms with Crippen molar-refractivity contribution in [3.05, 3.63) is 28.5 Å². The summed E-state index contributed by atoms with van der Waals surface area (Å²) in [6.45, 7) is 1.13. The lowest BCUT2D eigenvalue weighted by Crippen LogP contribution is -2.39. The molecule has 128 valence electrons. The first-order valence-corrected chi connectivity index (χ1v) is 9.72. The highest BCUT2D eigenvalue weighted by molar-refractivity contribution is 9.10. The summed E-state index contributed by atoms with van der Waals surface area (Å²) in [6, 6.07) is 4.33. The summed E-state index contributed by atoms with van der Waals surface area (Å²) in [5, 5.41) is 0. The minimum atomic E-state index is -3.25. The van der Waals surface area contributed by atoms with Crippen LogP contribution >= 0.6 is 15.9 Å². The quantitative estimate of drug-likeness (QED) is 0.756. The Morgan fingerprint density at radius 1 is 1.30 bits per heavy atom. The van der Waals surface area contributed by atoms with E-state index in [-0.39, 0.29) is 24.8 Å². The second-order valence-electron chi connectivity index (χ2n) is 5.26. The van der Waals surface area contributed by atoms with Gasteiger partial charge >= 0.3 is 0 Å². The Bertz CT molecular complexity index is 683. The highest BCUT2D eigenvalue weighted by atomic mass is 79.9. The molecule has 1 aromatic carbocycles. The molecule has 1 saturated heterocycles. The molecule has 1 aromatic rings. The van der Waals surface area contributed by atoms with E-state index in [1.54, 1.807) is 11.0 Å². The molecule has 1 heterocycles. The number of benzene rings is 1. The van der Waals surface area contributed by atoms with Crippen LogP contribution in [0.3, 0.4) is 0 Å². The average molecular weight is 409 g/mol. The van der Waals surface area contributed by atoms with Crippen LogP contribution in [-0.2, 0) is 14.8 Å². The molecule has 1 aliphatic rings. The second-order valence-corrected chi connectivity index (χ2v) is 8.16. The monoisotopic (exact) mass is 408 g/mol. The van der Waals surface area contributed by atoms with Gasteiger partial charge in [-0.1, -0.05) is 15.9 Å². The van der Waals surface area contributed by atoms with E-state index < -0.39 is 15.8 Å². The number of hydrogen-bond donors (Lipinski definition) is 0. The molecule has 0 atom stereocenters. The van der Waals surface area contributed by atoms with Gasteiger partial charge in [-0.05, 0) is 24.6 Å². The highest BCUT2D eigenvalue weighted by Crippen LogP contribution is 2.21. The Labute approximate surface area is 143 Å². The van der Waals surface area contributed by atoms with Gasteiger partial charge in [0, 0.05) is 30.7 Å². The molecule has 0 N–H and O–H groups in total. The van der Waals surface area contributed by atoms with Crippen molar-refractivity contribution in [3.8, 4) is 5.75 Å². The SMILES string of the molecule is CS(=O)(=O)N1CCCN(C(=O)COc2ccc(Br)cc2F)CC1.